The number of rotatable bonds is 3. The summed E-state index contributed by atoms with van der Waals surface area (Å²) in [4.78, 5) is 48.2. The average Bonchev–Trinajstić information content (AvgIpc) is 2.87. The van der Waals surface area contributed by atoms with Crippen molar-refractivity contribution in [3.63, 3.8) is 0 Å². The van der Waals surface area contributed by atoms with Crippen molar-refractivity contribution in [2.75, 3.05) is 31.7 Å². The van der Waals surface area contributed by atoms with Crippen LogP contribution in [0.5, 0.6) is 0 Å². The third kappa shape index (κ3) is 5.41. The lowest BCUT2D eigenvalue weighted by Gasteiger charge is -2.21. The number of amides is 4. The smallest absolute Gasteiger partial charge is 0.326 e. The number of hydrogen-bond donors (Lipinski definition) is 2. The average molecular weight is 493 g/mol. The fourth-order valence-corrected chi connectivity index (χ4v) is 4.14. The van der Waals surface area contributed by atoms with Gasteiger partial charge in [0, 0.05) is 68.4 Å². The molecule has 4 rings (SSSR count). The molecule has 0 unspecified atom stereocenters. The molecule has 1 aromatic carbocycles. The summed E-state index contributed by atoms with van der Waals surface area (Å²) < 4.78 is 0. The van der Waals surface area contributed by atoms with Crippen molar-refractivity contribution in [3.05, 3.63) is 59.5 Å². The number of pyridine rings is 2. The molecule has 4 amide bonds. The largest absolute Gasteiger partial charge is 0.398 e. The van der Waals surface area contributed by atoms with E-state index >= 15 is 0 Å². The first kappa shape index (κ1) is 24.2. The van der Waals surface area contributed by atoms with E-state index in [1.807, 2.05) is 12.1 Å². The maximum atomic E-state index is 12.7. The number of nitrogen functional groups attached to an aromatic ring is 1. The number of fused-ring (bicyclic) bond motifs is 1. The van der Waals surface area contributed by atoms with Crippen LogP contribution in [0, 0.1) is 0 Å². The molecule has 10 heteroatoms. The van der Waals surface area contributed by atoms with Crippen LogP contribution in [0.15, 0.2) is 54.5 Å². The molecule has 3 N–H and O–H groups in total. The van der Waals surface area contributed by atoms with Crippen molar-refractivity contribution in [2.24, 2.45) is 0 Å². The third-order valence-electron chi connectivity index (χ3n) is 5.95. The highest BCUT2D eigenvalue weighted by Gasteiger charge is 2.23. The van der Waals surface area contributed by atoms with Crippen molar-refractivity contribution in [1.82, 2.24) is 19.8 Å². The van der Waals surface area contributed by atoms with Crippen molar-refractivity contribution < 1.29 is 14.4 Å². The minimum atomic E-state index is -0.361. The Morgan fingerprint density at radius 2 is 1.94 bits per heavy atom. The summed E-state index contributed by atoms with van der Waals surface area (Å²) in [5.41, 5.74) is 9.11. The molecular formula is C25H25ClN6O3. The van der Waals surface area contributed by atoms with Crippen molar-refractivity contribution in [1.29, 1.82) is 0 Å². The van der Waals surface area contributed by atoms with E-state index in [0.717, 1.165) is 32.4 Å². The lowest BCUT2D eigenvalue weighted by molar-refractivity contribution is -0.127. The van der Waals surface area contributed by atoms with Crippen LogP contribution in [0.3, 0.4) is 0 Å². The van der Waals surface area contributed by atoms with Crippen LogP contribution >= 0.6 is 11.6 Å². The van der Waals surface area contributed by atoms with E-state index in [2.05, 4.69) is 15.3 Å². The second-order valence-electron chi connectivity index (χ2n) is 8.41. The minimum Gasteiger partial charge on any atom is -0.398 e. The quantitative estimate of drug-likeness (QED) is 0.419. The molecule has 0 saturated carbocycles. The van der Waals surface area contributed by atoms with E-state index in [1.165, 1.54) is 18.0 Å². The number of benzene rings is 1. The standard InChI is InChI=1S/C25H25ClN6O3/c1-31-8-6-15(3-4-24(34)32(2)25(31)35)9-23(33)30-22-12-17-10-16(11-21(27)19(17)14-29-22)18-13-28-7-5-20(18)26/h5,7,9-14H,3-4,6,8,27H2,1-2H3,(H,29,30,33)/b15-9+. The molecule has 0 bridgehead atoms. The van der Waals surface area contributed by atoms with E-state index in [4.69, 9.17) is 17.3 Å². The first-order chi connectivity index (χ1) is 16.7. The van der Waals surface area contributed by atoms with Crippen LogP contribution in [0.2, 0.25) is 5.02 Å². The molecule has 1 aliphatic heterocycles. The molecule has 0 atom stereocenters. The zero-order valence-corrected chi connectivity index (χ0v) is 20.2. The summed E-state index contributed by atoms with van der Waals surface area (Å²) in [6.07, 6.45) is 7.42. The van der Waals surface area contributed by atoms with Gasteiger partial charge < -0.3 is 16.0 Å². The van der Waals surface area contributed by atoms with Crippen molar-refractivity contribution in [2.45, 2.75) is 19.3 Å². The number of imide groups is 1. The van der Waals surface area contributed by atoms with Gasteiger partial charge in [0.2, 0.25) is 11.8 Å². The van der Waals surface area contributed by atoms with Gasteiger partial charge in [0.25, 0.3) is 0 Å². The Bertz CT molecular complexity index is 1360. The highest BCUT2D eigenvalue weighted by atomic mass is 35.5. The fraction of sp³-hybridized carbons (Fsp3) is 0.240. The first-order valence-electron chi connectivity index (χ1n) is 11.0. The molecule has 0 radical (unpaired) electrons. The molecule has 0 spiro atoms. The van der Waals surface area contributed by atoms with Gasteiger partial charge in [0.1, 0.15) is 5.82 Å². The second kappa shape index (κ2) is 10.1. The van der Waals surface area contributed by atoms with Crippen LogP contribution in [0.25, 0.3) is 21.9 Å². The molecule has 1 aliphatic rings. The van der Waals surface area contributed by atoms with Crippen LogP contribution < -0.4 is 11.1 Å². The van der Waals surface area contributed by atoms with Crippen LogP contribution in [-0.4, -0.2) is 58.3 Å². The second-order valence-corrected chi connectivity index (χ2v) is 8.82. The Labute approximate surface area is 207 Å². The molecule has 9 nitrogen and oxygen atoms in total. The molecule has 2 aromatic heterocycles. The van der Waals surface area contributed by atoms with Crippen molar-refractivity contribution >= 4 is 51.7 Å². The summed E-state index contributed by atoms with van der Waals surface area (Å²) in [5.74, 6) is -0.284. The van der Waals surface area contributed by atoms with Crippen LogP contribution in [0.1, 0.15) is 19.3 Å². The zero-order valence-electron chi connectivity index (χ0n) is 19.4. The number of nitrogens with zero attached hydrogens (tertiary/aromatic N) is 4. The Kier molecular flexibility index (Phi) is 6.97. The number of carbonyl (C=O) groups is 3. The van der Waals surface area contributed by atoms with E-state index in [1.54, 1.807) is 37.8 Å². The number of nitrogens with one attached hydrogen (secondary N) is 1. The summed E-state index contributed by atoms with van der Waals surface area (Å²) in [6.45, 7) is 0.406. The van der Waals surface area contributed by atoms with Crippen LogP contribution in [0.4, 0.5) is 16.3 Å². The van der Waals surface area contributed by atoms with Gasteiger partial charge in [-0.2, -0.15) is 0 Å². The molecule has 1 saturated heterocycles. The number of nitrogens with two attached hydrogens (primary N) is 1. The van der Waals surface area contributed by atoms with Crippen molar-refractivity contribution in [3.8, 4) is 11.1 Å². The lowest BCUT2D eigenvalue weighted by atomic mass is 10.0. The summed E-state index contributed by atoms with van der Waals surface area (Å²) in [6, 6.07) is 6.82. The molecule has 1 fully saturated rings. The first-order valence-corrected chi connectivity index (χ1v) is 11.4. The highest BCUT2D eigenvalue weighted by Crippen LogP contribution is 2.33. The van der Waals surface area contributed by atoms with Crippen LogP contribution in [-0.2, 0) is 9.59 Å². The number of anilines is 2. The summed E-state index contributed by atoms with van der Waals surface area (Å²) >= 11 is 6.32. The number of halogens is 1. The van der Waals surface area contributed by atoms with Gasteiger partial charge in [-0.25, -0.2) is 9.78 Å². The third-order valence-corrected chi connectivity index (χ3v) is 6.28. The van der Waals surface area contributed by atoms with Gasteiger partial charge >= 0.3 is 6.03 Å². The van der Waals surface area contributed by atoms with E-state index in [0.29, 0.717) is 35.9 Å². The normalized spacial score (nSPS) is 16.3. The van der Waals surface area contributed by atoms with Gasteiger partial charge in [-0.3, -0.25) is 19.5 Å². The monoisotopic (exact) mass is 492 g/mol. The molecule has 3 heterocycles. The zero-order chi connectivity index (χ0) is 25.1. The number of urea groups is 1. The van der Waals surface area contributed by atoms with Gasteiger partial charge in [0.05, 0.1) is 5.02 Å². The highest BCUT2D eigenvalue weighted by molar-refractivity contribution is 6.33. The molecule has 180 valence electrons. The molecule has 3 aromatic rings. The maximum absolute atomic E-state index is 12.7. The van der Waals surface area contributed by atoms with Gasteiger partial charge in [-0.05, 0) is 48.1 Å². The Balaban J connectivity index is 1.56. The molecule has 35 heavy (non-hydrogen) atoms. The minimum absolute atomic E-state index is 0.155. The summed E-state index contributed by atoms with van der Waals surface area (Å²) in [7, 11) is 3.10. The molecule has 0 aliphatic carbocycles. The van der Waals surface area contributed by atoms with E-state index in [-0.39, 0.29) is 24.3 Å². The predicted molar refractivity (Wildman–Crippen MR) is 136 cm³/mol. The Hall–Kier alpha value is -3.98. The maximum Gasteiger partial charge on any atom is 0.326 e. The van der Waals surface area contributed by atoms with Gasteiger partial charge in [-0.1, -0.05) is 17.2 Å². The lowest BCUT2D eigenvalue weighted by Crippen LogP contribution is -2.41. The predicted octanol–water partition coefficient (Wildman–Crippen LogP) is 4.09. The van der Waals surface area contributed by atoms with E-state index in [9.17, 15) is 14.4 Å². The SMILES string of the molecule is CN1CC/C(=C/C(=O)Nc2cc3cc(-c4cnccc4Cl)cc(N)c3cn2)CCC(=O)N(C)C1=O. The van der Waals surface area contributed by atoms with E-state index < -0.39 is 0 Å². The van der Waals surface area contributed by atoms with Gasteiger partial charge in [0.15, 0.2) is 0 Å². The fourth-order valence-electron chi connectivity index (χ4n) is 3.92. The number of aromatic nitrogens is 2. The Morgan fingerprint density at radius 1 is 1.14 bits per heavy atom. The summed E-state index contributed by atoms with van der Waals surface area (Å²) in [5, 5.41) is 4.87. The van der Waals surface area contributed by atoms with Gasteiger partial charge in [-0.15, -0.1) is 0 Å². The molecular weight excluding hydrogens is 468 g/mol. The topological polar surface area (TPSA) is 122 Å². The number of hydrogen-bond acceptors (Lipinski definition) is 6. The Morgan fingerprint density at radius 3 is 2.71 bits per heavy atom. The number of carbonyl (C=O) groups excluding carboxylic acids is 3.